The van der Waals surface area contributed by atoms with Crippen LogP contribution in [0.2, 0.25) is 0 Å². The third-order valence-electron chi connectivity index (χ3n) is 4.95. The van der Waals surface area contributed by atoms with E-state index in [9.17, 15) is 4.79 Å². The van der Waals surface area contributed by atoms with Crippen molar-refractivity contribution in [2.75, 3.05) is 25.4 Å². The van der Waals surface area contributed by atoms with E-state index in [1.165, 1.54) is 16.9 Å². The standard InChI is InChI=1S/C18H25BrN2OS/c1-2-21(18(22)6-3-13-7-9-20-12-13)16-8-10-23-17-5-4-14(19)11-15(16)17/h4-5,11,13,16,20H,2-3,6-10,12H2,1H3. The van der Waals surface area contributed by atoms with Gasteiger partial charge in [0.15, 0.2) is 0 Å². The van der Waals surface area contributed by atoms with Gasteiger partial charge in [0.05, 0.1) is 6.04 Å². The Morgan fingerprint density at radius 3 is 3.04 bits per heavy atom. The Balaban J connectivity index is 1.70. The van der Waals surface area contributed by atoms with Gasteiger partial charge in [0, 0.05) is 28.1 Å². The van der Waals surface area contributed by atoms with Gasteiger partial charge in [-0.25, -0.2) is 0 Å². The van der Waals surface area contributed by atoms with Crippen molar-refractivity contribution >= 4 is 33.6 Å². The minimum atomic E-state index is 0.239. The topological polar surface area (TPSA) is 32.3 Å². The largest absolute Gasteiger partial charge is 0.336 e. The maximum absolute atomic E-state index is 12.8. The number of carbonyl (C=O) groups is 1. The van der Waals surface area contributed by atoms with Crippen LogP contribution < -0.4 is 5.32 Å². The molecule has 3 rings (SSSR count). The van der Waals surface area contributed by atoms with Crippen LogP contribution in [0.3, 0.4) is 0 Å². The van der Waals surface area contributed by atoms with E-state index in [1.54, 1.807) is 0 Å². The van der Waals surface area contributed by atoms with Gasteiger partial charge in [-0.05, 0) is 69.0 Å². The summed E-state index contributed by atoms with van der Waals surface area (Å²) >= 11 is 5.49. The molecule has 1 N–H and O–H groups in total. The van der Waals surface area contributed by atoms with Gasteiger partial charge in [-0.1, -0.05) is 15.9 Å². The van der Waals surface area contributed by atoms with Crippen molar-refractivity contribution < 1.29 is 4.79 Å². The molecule has 2 heterocycles. The molecule has 2 aliphatic rings. The molecule has 0 saturated carbocycles. The van der Waals surface area contributed by atoms with Crippen LogP contribution in [-0.4, -0.2) is 36.2 Å². The monoisotopic (exact) mass is 396 g/mol. The van der Waals surface area contributed by atoms with Crippen LogP contribution in [0.1, 0.15) is 44.2 Å². The number of nitrogens with zero attached hydrogens (tertiary/aromatic N) is 1. The number of hydrogen-bond donors (Lipinski definition) is 1. The Hall–Kier alpha value is -0.520. The number of carbonyl (C=O) groups excluding carboxylic acids is 1. The van der Waals surface area contributed by atoms with Crippen LogP contribution in [-0.2, 0) is 4.79 Å². The maximum atomic E-state index is 12.8. The number of halogens is 1. The predicted octanol–water partition coefficient (Wildman–Crippen LogP) is 4.22. The molecule has 1 saturated heterocycles. The van der Waals surface area contributed by atoms with Gasteiger partial charge in [-0.15, -0.1) is 11.8 Å². The smallest absolute Gasteiger partial charge is 0.223 e. The lowest BCUT2D eigenvalue weighted by molar-refractivity contribution is -0.134. The number of benzene rings is 1. The molecule has 2 unspecified atom stereocenters. The summed E-state index contributed by atoms with van der Waals surface area (Å²) in [5.74, 6) is 2.10. The summed E-state index contributed by atoms with van der Waals surface area (Å²) in [5, 5.41) is 3.39. The van der Waals surface area contributed by atoms with E-state index in [-0.39, 0.29) is 6.04 Å². The fourth-order valence-electron chi connectivity index (χ4n) is 3.67. The lowest BCUT2D eigenvalue weighted by Crippen LogP contribution is -2.36. The average molecular weight is 397 g/mol. The molecule has 23 heavy (non-hydrogen) atoms. The highest BCUT2D eigenvalue weighted by Gasteiger charge is 2.29. The van der Waals surface area contributed by atoms with Crippen LogP contribution in [0, 0.1) is 5.92 Å². The zero-order valence-corrected chi connectivity index (χ0v) is 16.1. The molecule has 0 radical (unpaired) electrons. The summed E-state index contributed by atoms with van der Waals surface area (Å²) in [5.41, 5.74) is 1.31. The van der Waals surface area contributed by atoms with Crippen LogP contribution in [0.15, 0.2) is 27.6 Å². The van der Waals surface area contributed by atoms with Crippen LogP contribution in [0.25, 0.3) is 0 Å². The first-order valence-electron chi connectivity index (χ1n) is 8.61. The van der Waals surface area contributed by atoms with E-state index in [1.807, 2.05) is 11.8 Å². The molecule has 126 valence electrons. The molecule has 0 bridgehead atoms. The molecule has 2 aliphatic heterocycles. The van der Waals surface area contributed by atoms with Crippen LogP contribution in [0.4, 0.5) is 0 Å². The molecule has 5 heteroatoms. The number of thioether (sulfide) groups is 1. The summed E-state index contributed by atoms with van der Waals surface area (Å²) in [7, 11) is 0. The van der Waals surface area contributed by atoms with Crippen molar-refractivity contribution in [2.24, 2.45) is 5.92 Å². The van der Waals surface area contributed by atoms with Crippen molar-refractivity contribution in [2.45, 2.75) is 43.5 Å². The SMILES string of the molecule is CCN(C(=O)CCC1CCNC1)C1CCSc2ccc(Br)cc21. The van der Waals surface area contributed by atoms with E-state index in [0.29, 0.717) is 18.2 Å². The molecule has 3 nitrogen and oxygen atoms in total. The van der Waals surface area contributed by atoms with Crippen molar-refractivity contribution in [3.63, 3.8) is 0 Å². The Morgan fingerprint density at radius 2 is 2.30 bits per heavy atom. The molecule has 1 amide bonds. The Morgan fingerprint density at radius 1 is 1.43 bits per heavy atom. The molecule has 0 aromatic heterocycles. The van der Waals surface area contributed by atoms with Gasteiger partial charge in [0.1, 0.15) is 0 Å². The van der Waals surface area contributed by atoms with Gasteiger partial charge < -0.3 is 10.2 Å². The van der Waals surface area contributed by atoms with E-state index in [2.05, 4.69) is 51.3 Å². The van der Waals surface area contributed by atoms with Gasteiger partial charge >= 0.3 is 0 Å². The van der Waals surface area contributed by atoms with E-state index >= 15 is 0 Å². The first-order valence-corrected chi connectivity index (χ1v) is 10.4. The van der Waals surface area contributed by atoms with Crippen molar-refractivity contribution in [3.05, 3.63) is 28.2 Å². The second kappa shape index (κ2) is 8.04. The van der Waals surface area contributed by atoms with E-state index in [0.717, 1.165) is 42.7 Å². The third-order valence-corrected chi connectivity index (χ3v) is 6.56. The molecule has 1 aromatic rings. The quantitative estimate of drug-likeness (QED) is 0.807. The molecule has 2 atom stereocenters. The highest BCUT2D eigenvalue weighted by Crippen LogP contribution is 2.40. The Bertz CT molecular complexity index is 560. The normalized spacial score (nSPS) is 23.6. The Labute approximate surface area is 151 Å². The Kier molecular flexibility index (Phi) is 6.05. The summed E-state index contributed by atoms with van der Waals surface area (Å²) in [6.45, 7) is 5.09. The van der Waals surface area contributed by atoms with Gasteiger partial charge in [-0.3, -0.25) is 4.79 Å². The minimum absolute atomic E-state index is 0.239. The summed E-state index contributed by atoms with van der Waals surface area (Å²) < 4.78 is 1.10. The molecular weight excluding hydrogens is 372 g/mol. The average Bonchev–Trinajstić information content (AvgIpc) is 3.07. The highest BCUT2D eigenvalue weighted by molar-refractivity contribution is 9.10. The van der Waals surface area contributed by atoms with Gasteiger partial charge in [0.2, 0.25) is 5.91 Å². The molecular formula is C18H25BrN2OS. The summed E-state index contributed by atoms with van der Waals surface area (Å²) in [6.07, 6.45) is 3.98. The maximum Gasteiger partial charge on any atom is 0.223 e. The van der Waals surface area contributed by atoms with Crippen LogP contribution in [0.5, 0.6) is 0 Å². The number of fused-ring (bicyclic) bond motifs is 1. The number of amides is 1. The third kappa shape index (κ3) is 4.12. The predicted molar refractivity (Wildman–Crippen MR) is 99.8 cm³/mol. The lowest BCUT2D eigenvalue weighted by atomic mass is 9.99. The fourth-order valence-corrected chi connectivity index (χ4v) is 5.14. The second-order valence-corrected chi connectivity index (χ2v) is 8.46. The zero-order valence-electron chi connectivity index (χ0n) is 13.7. The minimum Gasteiger partial charge on any atom is -0.336 e. The van der Waals surface area contributed by atoms with Crippen LogP contribution >= 0.6 is 27.7 Å². The van der Waals surface area contributed by atoms with Crippen molar-refractivity contribution in [3.8, 4) is 0 Å². The van der Waals surface area contributed by atoms with Gasteiger partial charge in [0.25, 0.3) is 0 Å². The fraction of sp³-hybridized carbons (Fsp3) is 0.611. The summed E-state index contributed by atoms with van der Waals surface area (Å²) in [6, 6.07) is 6.71. The summed E-state index contributed by atoms with van der Waals surface area (Å²) in [4.78, 5) is 16.2. The van der Waals surface area contributed by atoms with E-state index < -0.39 is 0 Å². The molecule has 0 spiro atoms. The van der Waals surface area contributed by atoms with Crippen molar-refractivity contribution in [1.82, 2.24) is 10.2 Å². The number of rotatable bonds is 5. The lowest BCUT2D eigenvalue weighted by Gasteiger charge is -2.35. The van der Waals surface area contributed by atoms with Crippen molar-refractivity contribution in [1.29, 1.82) is 0 Å². The first-order chi connectivity index (χ1) is 11.2. The molecule has 1 aromatic carbocycles. The van der Waals surface area contributed by atoms with Gasteiger partial charge in [-0.2, -0.15) is 0 Å². The second-order valence-electron chi connectivity index (χ2n) is 6.41. The number of nitrogens with one attached hydrogen (secondary N) is 1. The number of hydrogen-bond acceptors (Lipinski definition) is 3. The molecule has 1 fully saturated rings. The van der Waals surface area contributed by atoms with E-state index in [4.69, 9.17) is 0 Å². The first kappa shape index (κ1) is 17.3. The zero-order chi connectivity index (χ0) is 16.2. The highest BCUT2D eigenvalue weighted by atomic mass is 79.9. The molecule has 0 aliphatic carbocycles.